The second-order valence-electron chi connectivity index (χ2n) is 4.56. The molecular formula is C14H24N2O. The van der Waals surface area contributed by atoms with Crippen LogP contribution in [0.15, 0.2) is 18.6 Å². The Balaban J connectivity index is 2.03. The molecule has 0 spiro atoms. The Morgan fingerprint density at radius 1 is 1.12 bits per heavy atom. The van der Waals surface area contributed by atoms with Crippen molar-refractivity contribution in [1.82, 2.24) is 9.97 Å². The zero-order valence-electron chi connectivity index (χ0n) is 10.8. The number of aliphatic hydroxyl groups is 1. The van der Waals surface area contributed by atoms with Crippen molar-refractivity contribution < 1.29 is 5.11 Å². The van der Waals surface area contributed by atoms with Gasteiger partial charge < -0.3 is 5.11 Å². The minimum Gasteiger partial charge on any atom is -0.387 e. The van der Waals surface area contributed by atoms with E-state index in [0.29, 0.717) is 0 Å². The van der Waals surface area contributed by atoms with Gasteiger partial charge in [-0.15, -0.1) is 0 Å². The quantitative estimate of drug-likeness (QED) is 0.666. The van der Waals surface area contributed by atoms with E-state index >= 15 is 0 Å². The van der Waals surface area contributed by atoms with E-state index in [9.17, 15) is 5.11 Å². The zero-order chi connectivity index (χ0) is 12.3. The fraction of sp³-hybridized carbons (Fsp3) is 0.714. The minimum absolute atomic E-state index is 0.423. The fourth-order valence-electron chi connectivity index (χ4n) is 1.94. The number of nitrogens with zero attached hydrogens (tertiary/aromatic N) is 2. The molecule has 1 aromatic heterocycles. The zero-order valence-corrected chi connectivity index (χ0v) is 10.8. The van der Waals surface area contributed by atoms with Gasteiger partial charge in [0.2, 0.25) is 0 Å². The first-order chi connectivity index (χ1) is 8.34. The molecule has 1 rings (SSSR count). The minimum atomic E-state index is -0.423. The number of hydrogen-bond donors (Lipinski definition) is 1. The lowest BCUT2D eigenvalue weighted by atomic mass is 10.0. The molecule has 1 N–H and O–H groups in total. The number of aromatic nitrogens is 2. The summed E-state index contributed by atoms with van der Waals surface area (Å²) in [7, 11) is 0. The predicted octanol–water partition coefficient (Wildman–Crippen LogP) is 3.65. The molecule has 0 saturated carbocycles. The first kappa shape index (κ1) is 14.1. The molecule has 0 aliphatic heterocycles. The van der Waals surface area contributed by atoms with Crippen molar-refractivity contribution in [2.24, 2.45) is 0 Å². The molecule has 17 heavy (non-hydrogen) atoms. The molecule has 0 amide bonds. The highest BCUT2D eigenvalue weighted by Gasteiger charge is 2.07. The first-order valence-electron chi connectivity index (χ1n) is 6.78. The third kappa shape index (κ3) is 6.37. The van der Waals surface area contributed by atoms with Crippen molar-refractivity contribution in [1.29, 1.82) is 0 Å². The smallest absolute Gasteiger partial charge is 0.115 e. The molecule has 0 aliphatic rings. The first-order valence-corrected chi connectivity index (χ1v) is 6.78. The molecule has 3 heteroatoms. The highest BCUT2D eigenvalue weighted by molar-refractivity contribution is 5.01. The summed E-state index contributed by atoms with van der Waals surface area (Å²) in [6, 6.07) is 1.78. The molecule has 0 bridgehead atoms. The van der Waals surface area contributed by atoms with Gasteiger partial charge >= 0.3 is 0 Å². The molecule has 1 aromatic rings. The summed E-state index contributed by atoms with van der Waals surface area (Å²) >= 11 is 0. The van der Waals surface area contributed by atoms with E-state index in [0.717, 1.165) is 18.5 Å². The van der Waals surface area contributed by atoms with Gasteiger partial charge in [-0.3, -0.25) is 0 Å². The standard InChI is InChI=1S/C14H24N2O/c1-2-3-4-5-6-7-8-9-14(17)13-10-11-15-12-16-13/h10-12,14,17H,2-9H2,1H3. The van der Waals surface area contributed by atoms with Crippen LogP contribution in [0.3, 0.4) is 0 Å². The fourth-order valence-corrected chi connectivity index (χ4v) is 1.94. The van der Waals surface area contributed by atoms with Crippen molar-refractivity contribution in [2.45, 2.75) is 64.4 Å². The summed E-state index contributed by atoms with van der Waals surface area (Å²) in [6.07, 6.45) is 12.5. The molecule has 0 aliphatic carbocycles. The number of unbranched alkanes of at least 4 members (excludes halogenated alkanes) is 6. The van der Waals surface area contributed by atoms with Crippen molar-refractivity contribution >= 4 is 0 Å². The van der Waals surface area contributed by atoms with E-state index in [1.807, 2.05) is 0 Å². The van der Waals surface area contributed by atoms with E-state index in [1.165, 1.54) is 44.9 Å². The van der Waals surface area contributed by atoms with E-state index in [4.69, 9.17) is 0 Å². The van der Waals surface area contributed by atoms with Crippen molar-refractivity contribution in [2.75, 3.05) is 0 Å². The van der Waals surface area contributed by atoms with Crippen molar-refractivity contribution in [3.63, 3.8) is 0 Å². The lowest BCUT2D eigenvalue weighted by Gasteiger charge is -2.09. The average molecular weight is 236 g/mol. The summed E-state index contributed by atoms with van der Waals surface area (Å²) in [5, 5.41) is 9.87. The number of rotatable bonds is 9. The van der Waals surface area contributed by atoms with Gasteiger partial charge in [-0.1, -0.05) is 51.9 Å². The Morgan fingerprint density at radius 3 is 2.47 bits per heavy atom. The summed E-state index contributed by atoms with van der Waals surface area (Å²) in [5.41, 5.74) is 0.742. The van der Waals surface area contributed by atoms with Crippen molar-refractivity contribution in [3.8, 4) is 0 Å². The second kappa shape index (κ2) is 9.11. The lowest BCUT2D eigenvalue weighted by molar-refractivity contribution is 0.158. The van der Waals surface area contributed by atoms with E-state index in [1.54, 1.807) is 12.3 Å². The summed E-state index contributed by atoms with van der Waals surface area (Å²) in [6.45, 7) is 2.23. The molecule has 0 saturated heterocycles. The number of aliphatic hydroxyl groups excluding tert-OH is 1. The van der Waals surface area contributed by atoms with Crippen molar-refractivity contribution in [3.05, 3.63) is 24.3 Å². The average Bonchev–Trinajstić information content (AvgIpc) is 2.38. The third-order valence-electron chi connectivity index (χ3n) is 3.03. The van der Waals surface area contributed by atoms with Crippen LogP contribution in [0.2, 0.25) is 0 Å². The Bertz CT molecular complexity index is 277. The SMILES string of the molecule is CCCCCCCCCC(O)c1ccncn1. The van der Waals surface area contributed by atoms with Gasteiger partial charge in [-0.05, 0) is 12.5 Å². The van der Waals surface area contributed by atoms with Crippen LogP contribution in [0.1, 0.15) is 70.1 Å². The summed E-state index contributed by atoms with van der Waals surface area (Å²) in [5.74, 6) is 0. The number of hydrogen-bond acceptors (Lipinski definition) is 3. The van der Waals surface area contributed by atoms with Crippen LogP contribution in [0.4, 0.5) is 0 Å². The molecule has 96 valence electrons. The van der Waals surface area contributed by atoms with Crippen LogP contribution >= 0.6 is 0 Å². The molecule has 1 unspecified atom stereocenters. The molecule has 3 nitrogen and oxygen atoms in total. The van der Waals surface area contributed by atoms with Gasteiger partial charge in [0.25, 0.3) is 0 Å². The Labute approximate surface area is 104 Å². The van der Waals surface area contributed by atoms with Gasteiger partial charge in [-0.2, -0.15) is 0 Å². The van der Waals surface area contributed by atoms with Gasteiger partial charge in [0.1, 0.15) is 6.33 Å². The summed E-state index contributed by atoms with van der Waals surface area (Å²) in [4.78, 5) is 7.90. The summed E-state index contributed by atoms with van der Waals surface area (Å²) < 4.78 is 0. The maximum absolute atomic E-state index is 9.87. The second-order valence-corrected chi connectivity index (χ2v) is 4.56. The van der Waals surface area contributed by atoms with Gasteiger partial charge in [0, 0.05) is 6.20 Å². The van der Waals surface area contributed by atoms with Crippen LogP contribution in [0.5, 0.6) is 0 Å². The Kier molecular flexibility index (Phi) is 7.56. The highest BCUT2D eigenvalue weighted by atomic mass is 16.3. The third-order valence-corrected chi connectivity index (χ3v) is 3.03. The largest absolute Gasteiger partial charge is 0.387 e. The highest BCUT2D eigenvalue weighted by Crippen LogP contribution is 2.17. The van der Waals surface area contributed by atoms with Crippen LogP contribution in [-0.2, 0) is 0 Å². The van der Waals surface area contributed by atoms with Crippen LogP contribution < -0.4 is 0 Å². The molecule has 1 atom stereocenters. The molecule has 1 heterocycles. The van der Waals surface area contributed by atoms with Crippen LogP contribution in [0.25, 0.3) is 0 Å². The van der Waals surface area contributed by atoms with E-state index in [-0.39, 0.29) is 0 Å². The Hall–Kier alpha value is -0.960. The van der Waals surface area contributed by atoms with Gasteiger partial charge in [-0.25, -0.2) is 9.97 Å². The van der Waals surface area contributed by atoms with E-state index in [2.05, 4.69) is 16.9 Å². The van der Waals surface area contributed by atoms with Crippen LogP contribution in [0, 0.1) is 0 Å². The monoisotopic (exact) mass is 236 g/mol. The molecule has 0 fully saturated rings. The maximum atomic E-state index is 9.87. The van der Waals surface area contributed by atoms with Gasteiger partial charge in [0.05, 0.1) is 11.8 Å². The normalized spacial score (nSPS) is 12.6. The molecule has 0 radical (unpaired) electrons. The topological polar surface area (TPSA) is 46.0 Å². The van der Waals surface area contributed by atoms with E-state index < -0.39 is 6.10 Å². The molecule has 0 aromatic carbocycles. The molecular weight excluding hydrogens is 212 g/mol. The predicted molar refractivity (Wildman–Crippen MR) is 69.6 cm³/mol. The van der Waals surface area contributed by atoms with Crippen LogP contribution in [-0.4, -0.2) is 15.1 Å². The Morgan fingerprint density at radius 2 is 1.82 bits per heavy atom. The van der Waals surface area contributed by atoms with Gasteiger partial charge in [0.15, 0.2) is 0 Å². The lowest BCUT2D eigenvalue weighted by Crippen LogP contribution is -2.00. The maximum Gasteiger partial charge on any atom is 0.115 e.